The van der Waals surface area contributed by atoms with Crippen LogP contribution in [0.1, 0.15) is 104 Å². The van der Waals surface area contributed by atoms with Crippen molar-refractivity contribution in [2.45, 2.75) is 117 Å². The maximum absolute atomic E-state index is 13.0. The highest BCUT2D eigenvalue weighted by Gasteiger charge is 2.26. The van der Waals surface area contributed by atoms with E-state index in [1.165, 1.54) is 37.7 Å². The van der Waals surface area contributed by atoms with Crippen LogP contribution in [-0.4, -0.2) is 75.6 Å². The third kappa shape index (κ3) is 19.4. The topological polar surface area (TPSA) is 140 Å². The van der Waals surface area contributed by atoms with E-state index < -0.39 is 45.6 Å². The fraction of sp³-hybridized carbons (Fsp3) is 0.719. The molecule has 44 heavy (non-hydrogen) atoms. The molecule has 0 saturated heterocycles. The monoisotopic (exact) mass is 641 g/mol. The Morgan fingerprint density at radius 1 is 0.886 bits per heavy atom. The van der Waals surface area contributed by atoms with Crippen LogP contribution in [0.3, 0.4) is 0 Å². The number of sulfonamides is 1. The Balaban J connectivity index is 2.67. The molecule has 0 aliphatic heterocycles. The van der Waals surface area contributed by atoms with Gasteiger partial charge in [-0.15, -0.1) is 0 Å². The van der Waals surface area contributed by atoms with Gasteiger partial charge in [-0.3, -0.25) is 4.79 Å². The molecular formula is C32H55N3O8S. The summed E-state index contributed by atoms with van der Waals surface area (Å²) in [4.78, 5) is 38.5. The van der Waals surface area contributed by atoms with Crippen LogP contribution in [-0.2, 0) is 35.6 Å². The van der Waals surface area contributed by atoms with E-state index in [2.05, 4.69) is 17.0 Å². The van der Waals surface area contributed by atoms with Gasteiger partial charge >= 0.3 is 18.2 Å². The van der Waals surface area contributed by atoms with E-state index in [-0.39, 0.29) is 19.6 Å². The zero-order chi connectivity index (χ0) is 32.8. The molecule has 1 rings (SSSR count). The van der Waals surface area contributed by atoms with Gasteiger partial charge in [0.05, 0.1) is 12.9 Å². The van der Waals surface area contributed by atoms with E-state index in [4.69, 9.17) is 14.2 Å². The first kappa shape index (κ1) is 39.2. The second-order valence-electron chi connectivity index (χ2n) is 11.9. The van der Waals surface area contributed by atoms with Crippen LogP contribution in [0.25, 0.3) is 0 Å². The van der Waals surface area contributed by atoms with Gasteiger partial charge in [0.25, 0.3) is 0 Å². The first-order valence-corrected chi connectivity index (χ1v) is 17.5. The second kappa shape index (κ2) is 21.8. The fourth-order valence-electron chi connectivity index (χ4n) is 4.39. The van der Waals surface area contributed by atoms with Crippen molar-refractivity contribution in [3.8, 4) is 0 Å². The number of ether oxygens (including phenoxy) is 3. The number of benzene rings is 1. The van der Waals surface area contributed by atoms with Gasteiger partial charge in [-0.05, 0) is 52.0 Å². The van der Waals surface area contributed by atoms with E-state index in [0.29, 0.717) is 25.9 Å². The molecule has 0 aliphatic carbocycles. The molecule has 0 aliphatic rings. The number of amides is 2. The average Bonchev–Trinajstić information content (AvgIpc) is 2.97. The number of unbranched alkanes of at least 4 members (excludes halogenated alkanes) is 8. The lowest BCUT2D eigenvalue weighted by Crippen LogP contribution is -2.45. The van der Waals surface area contributed by atoms with Gasteiger partial charge in [-0.2, -0.15) is 0 Å². The Morgan fingerprint density at radius 2 is 1.52 bits per heavy atom. The van der Waals surface area contributed by atoms with Crippen molar-refractivity contribution in [1.29, 1.82) is 0 Å². The molecule has 11 nitrogen and oxygen atoms in total. The highest BCUT2D eigenvalue weighted by atomic mass is 32.2. The van der Waals surface area contributed by atoms with Crippen molar-refractivity contribution in [2.24, 2.45) is 0 Å². The lowest BCUT2D eigenvalue weighted by molar-refractivity contribution is -0.142. The molecule has 12 heteroatoms. The lowest BCUT2D eigenvalue weighted by atomic mass is 10.1. The van der Waals surface area contributed by atoms with Crippen molar-refractivity contribution >= 4 is 28.2 Å². The van der Waals surface area contributed by atoms with Crippen molar-refractivity contribution < 1.29 is 37.0 Å². The van der Waals surface area contributed by atoms with Gasteiger partial charge < -0.3 is 24.4 Å². The molecule has 0 unspecified atom stereocenters. The highest BCUT2D eigenvalue weighted by molar-refractivity contribution is 7.89. The minimum Gasteiger partial charge on any atom is -0.468 e. The minimum atomic E-state index is -3.95. The van der Waals surface area contributed by atoms with Crippen molar-refractivity contribution in [3.05, 3.63) is 35.9 Å². The third-order valence-electron chi connectivity index (χ3n) is 6.77. The lowest BCUT2D eigenvalue weighted by Gasteiger charge is -2.23. The van der Waals surface area contributed by atoms with Gasteiger partial charge in [0, 0.05) is 19.6 Å². The Kier molecular flexibility index (Phi) is 19.4. The van der Waals surface area contributed by atoms with E-state index >= 15 is 0 Å². The number of carbonyl (C=O) groups excluding carboxylic acids is 3. The molecule has 1 atom stereocenters. The number of hydrogen-bond acceptors (Lipinski definition) is 8. The Morgan fingerprint density at radius 3 is 2.14 bits per heavy atom. The Hall–Kier alpha value is -2.86. The van der Waals surface area contributed by atoms with E-state index in [1.54, 1.807) is 20.8 Å². The summed E-state index contributed by atoms with van der Waals surface area (Å²) in [6.45, 7) is 8.19. The number of methoxy groups -OCH3 is 1. The molecule has 0 bridgehead atoms. The Labute approximate surface area is 264 Å². The van der Waals surface area contributed by atoms with Crippen LogP contribution in [0.4, 0.5) is 9.59 Å². The molecule has 252 valence electrons. The normalized spacial score (nSPS) is 12.3. The molecule has 2 amide bonds. The van der Waals surface area contributed by atoms with E-state index in [1.807, 2.05) is 30.3 Å². The molecular weight excluding hydrogens is 586 g/mol. The first-order chi connectivity index (χ1) is 20.9. The summed E-state index contributed by atoms with van der Waals surface area (Å²) in [6.07, 6.45) is 8.78. The number of nitrogens with zero attached hydrogens (tertiary/aromatic N) is 1. The number of rotatable bonds is 22. The Bertz CT molecular complexity index is 1060. The summed E-state index contributed by atoms with van der Waals surface area (Å²) in [5, 5.41) is 2.64. The number of alkyl carbamates (subject to hydrolysis) is 1. The first-order valence-electron chi connectivity index (χ1n) is 15.9. The van der Waals surface area contributed by atoms with Crippen LogP contribution >= 0.6 is 0 Å². The number of carbonyl (C=O) groups is 3. The van der Waals surface area contributed by atoms with E-state index in [9.17, 15) is 22.8 Å². The van der Waals surface area contributed by atoms with E-state index in [0.717, 1.165) is 31.2 Å². The van der Waals surface area contributed by atoms with Crippen molar-refractivity contribution in [3.63, 3.8) is 0 Å². The summed E-state index contributed by atoms with van der Waals surface area (Å²) < 4.78 is 43.9. The summed E-state index contributed by atoms with van der Waals surface area (Å²) >= 11 is 0. The van der Waals surface area contributed by atoms with Gasteiger partial charge in [-0.1, -0.05) is 82.2 Å². The highest BCUT2D eigenvalue weighted by Crippen LogP contribution is 2.12. The van der Waals surface area contributed by atoms with Gasteiger partial charge in [0.15, 0.2) is 0 Å². The fourth-order valence-corrected chi connectivity index (χ4v) is 5.62. The quantitative estimate of drug-likeness (QED) is 0.0903. The molecule has 0 heterocycles. The third-order valence-corrected chi connectivity index (χ3v) is 8.13. The molecule has 1 aromatic carbocycles. The molecule has 0 saturated carbocycles. The largest absolute Gasteiger partial charge is 0.468 e. The van der Waals surface area contributed by atoms with Crippen LogP contribution in [0.2, 0.25) is 0 Å². The minimum absolute atomic E-state index is 0.0762. The molecule has 0 fully saturated rings. The molecule has 0 aromatic heterocycles. The van der Waals surface area contributed by atoms with Gasteiger partial charge in [0.1, 0.15) is 18.2 Å². The summed E-state index contributed by atoms with van der Waals surface area (Å²) in [5.41, 5.74) is 0.227. The van der Waals surface area contributed by atoms with Crippen molar-refractivity contribution in [1.82, 2.24) is 14.9 Å². The summed E-state index contributed by atoms with van der Waals surface area (Å²) in [6, 6.07) is 8.21. The standard InChI is InChI=1S/C32H55N3O8S/c1-6-7-8-9-10-11-12-18-23-35(31(38)42-26-27-19-14-13-15-20-27)24-25-44(39,40)34-28(29(36)41-5)21-16-17-22-33-30(37)43-32(2,3)4/h13-15,19-20,28,34H,6-12,16-18,21-26H2,1-5H3,(H,33,37)/t28-/m0/s1. The summed E-state index contributed by atoms with van der Waals surface area (Å²) in [5.74, 6) is -1.09. The zero-order valence-corrected chi connectivity index (χ0v) is 28.2. The molecule has 2 N–H and O–H groups in total. The second-order valence-corrected chi connectivity index (χ2v) is 13.8. The van der Waals surface area contributed by atoms with Gasteiger partial charge in [0.2, 0.25) is 10.0 Å². The van der Waals surface area contributed by atoms with Gasteiger partial charge in [-0.25, -0.2) is 22.7 Å². The SMILES string of the molecule is CCCCCCCCCCN(CCS(=O)(=O)N[C@@H](CCCCNC(=O)OC(C)(C)C)C(=O)OC)C(=O)OCc1ccccc1. The van der Waals surface area contributed by atoms with Crippen LogP contribution in [0, 0.1) is 0 Å². The maximum atomic E-state index is 13.0. The molecule has 0 radical (unpaired) electrons. The average molecular weight is 642 g/mol. The summed E-state index contributed by atoms with van der Waals surface area (Å²) in [7, 11) is -2.75. The smallest absolute Gasteiger partial charge is 0.410 e. The molecule has 1 aromatic rings. The number of hydrogen-bond donors (Lipinski definition) is 2. The van der Waals surface area contributed by atoms with Crippen molar-refractivity contribution in [2.75, 3.05) is 32.5 Å². The predicted octanol–water partition coefficient (Wildman–Crippen LogP) is 5.92. The number of nitrogens with one attached hydrogen (secondary N) is 2. The van der Waals surface area contributed by atoms with Crippen LogP contribution in [0.5, 0.6) is 0 Å². The zero-order valence-electron chi connectivity index (χ0n) is 27.4. The number of esters is 1. The molecule has 0 spiro atoms. The van der Waals surface area contributed by atoms with Crippen LogP contribution in [0.15, 0.2) is 30.3 Å². The maximum Gasteiger partial charge on any atom is 0.410 e. The van der Waals surface area contributed by atoms with Crippen LogP contribution < -0.4 is 10.0 Å². The predicted molar refractivity (Wildman–Crippen MR) is 172 cm³/mol.